The molecule has 0 saturated carbocycles. The van der Waals surface area contributed by atoms with Gasteiger partial charge in [0.2, 0.25) is 0 Å². The molecular weight excluding hydrogens is 198 g/mol. The largest absolute Gasteiger partial charge is 0.275 e. The molecule has 0 atom stereocenters. The predicted molar refractivity (Wildman–Crippen MR) is 61.2 cm³/mol. The number of thiol groups is 1. The van der Waals surface area contributed by atoms with Gasteiger partial charge in [0.05, 0.1) is 7.11 Å². The Labute approximate surface area is 92.2 Å². The van der Waals surface area contributed by atoms with E-state index in [1.807, 2.05) is 27.7 Å². The topological polar surface area (TPSA) is 29.5 Å². The second-order valence-electron chi connectivity index (χ2n) is 4.86. The van der Waals surface area contributed by atoms with Crippen LogP contribution in [0.1, 0.15) is 34.1 Å². The zero-order valence-corrected chi connectivity index (χ0v) is 10.8. The molecular formula is C10H21NO2S. The molecule has 0 aromatic carbocycles. The summed E-state index contributed by atoms with van der Waals surface area (Å²) in [6.07, 6.45) is 0.704. The lowest BCUT2D eigenvalue weighted by Crippen LogP contribution is -2.40. The molecule has 0 saturated heterocycles. The summed E-state index contributed by atoms with van der Waals surface area (Å²) >= 11 is 4.43. The predicted octanol–water partition coefficient (Wildman–Crippen LogP) is 2.13. The fraction of sp³-hybridized carbons (Fsp3) is 0.900. The Balaban J connectivity index is 4.54. The van der Waals surface area contributed by atoms with E-state index in [-0.39, 0.29) is 10.7 Å². The van der Waals surface area contributed by atoms with E-state index >= 15 is 0 Å². The van der Waals surface area contributed by atoms with E-state index in [1.165, 1.54) is 12.2 Å². The number of amides is 1. The molecule has 0 spiro atoms. The highest BCUT2D eigenvalue weighted by Crippen LogP contribution is 2.33. The van der Waals surface area contributed by atoms with E-state index in [0.29, 0.717) is 6.42 Å². The first kappa shape index (κ1) is 13.8. The van der Waals surface area contributed by atoms with Crippen molar-refractivity contribution in [3.8, 4) is 0 Å². The molecule has 0 radical (unpaired) electrons. The first-order valence-corrected chi connectivity index (χ1v) is 5.09. The maximum Gasteiger partial charge on any atom is 0.251 e. The van der Waals surface area contributed by atoms with Crippen molar-refractivity contribution in [1.29, 1.82) is 0 Å². The maximum absolute atomic E-state index is 11.8. The minimum absolute atomic E-state index is 0.0258. The van der Waals surface area contributed by atoms with Crippen molar-refractivity contribution in [1.82, 2.24) is 5.06 Å². The van der Waals surface area contributed by atoms with Gasteiger partial charge in [0.25, 0.3) is 5.91 Å². The second-order valence-corrected chi connectivity index (χ2v) is 6.07. The van der Waals surface area contributed by atoms with Crippen molar-refractivity contribution in [3.63, 3.8) is 0 Å². The van der Waals surface area contributed by atoms with E-state index in [4.69, 9.17) is 4.84 Å². The number of hydrogen-bond donors (Lipinski definition) is 1. The quantitative estimate of drug-likeness (QED) is 0.580. The van der Waals surface area contributed by atoms with Gasteiger partial charge in [-0.25, -0.2) is 5.06 Å². The minimum atomic E-state index is -0.448. The lowest BCUT2D eigenvalue weighted by Gasteiger charge is -2.32. The van der Waals surface area contributed by atoms with E-state index in [0.717, 1.165) is 0 Å². The van der Waals surface area contributed by atoms with E-state index < -0.39 is 5.41 Å². The first-order valence-electron chi connectivity index (χ1n) is 4.65. The molecule has 84 valence electrons. The number of hydroxylamine groups is 2. The summed E-state index contributed by atoms with van der Waals surface area (Å²) in [7, 11) is 3.11. The average molecular weight is 219 g/mol. The molecule has 0 unspecified atom stereocenters. The monoisotopic (exact) mass is 219 g/mol. The van der Waals surface area contributed by atoms with Gasteiger partial charge < -0.3 is 0 Å². The Morgan fingerprint density at radius 3 is 2.07 bits per heavy atom. The van der Waals surface area contributed by atoms with Crippen LogP contribution in [0.2, 0.25) is 0 Å². The van der Waals surface area contributed by atoms with Crippen LogP contribution in [0.3, 0.4) is 0 Å². The molecule has 0 aliphatic heterocycles. The van der Waals surface area contributed by atoms with Crippen molar-refractivity contribution >= 4 is 18.5 Å². The van der Waals surface area contributed by atoms with Gasteiger partial charge >= 0.3 is 0 Å². The first-order chi connectivity index (χ1) is 6.10. The highest BCUT2D eigenvalue weighted by atomic mass is 32.1. The van der Waals surface area contributed by atoms with Crippen LogP contribution in [-0.4, -0.2) is 29.9 Å². The summed E-state index contributed by atoms with van der Waals surface area (Å²) in [5, 5.41) is 1.26. The Hall–Kier alpha value is -0.220. The van der Waals surface area contributed by atoms with Gasteiger partial charge in [-0.05, 0) is 6.42 Å². The fourth-order valence-electron chi connectivity index (χ4n) is 1.67. The molecule has 0 rings (SSSR count). The van der Waals surface area contributed by atoms with Gasteiger partial charge in [0.1, 0.15) is 0 Å². The van der Waals surface area contributed by atoms with Crippen molar-refractivity contribution < 1.29 is 9.63 Å². The van der Waals surface area contributed by atoms with Gasteiger partial charge in [-0.15, -0.1) is 0 Å². The Morgan fingerprint density at radius 2 is 1.79 bits per heavy atom. The molecule has 4 heteroatoms. The number of nitrogens with zero attached hydrogens (tertiary/aromatic N) is 1. The van der Waals surface area contributed by atoms with Gasteiger partial charge in [0.15, 0.2) is 0 Å². The van der Waals surface area contributed by atoms with Crippen LogP contribution in [0.15, 0.2) is 0 Å². The van der Waals surface area contributed by atoms with Crippen LogP contribution >= 0.6 is 12.6 Å². The molecule has 0 aromatic rings. The third kappa shape index (κ3) is 4.33. The highest BCUT2D eigenvalue weighted by Gasteiger charge is 2.35. The zero-order chi connectivity index (χ0) is 11.6. The van der Waals surface area contributed by atoms with Gasteiger partial charge in [-0.1, -0.05) is 27.7 Å². The second kappa shape index (κ2) is 4.53. The Kier molecular flexibility index (Phi) is 4.46. The van der Waals surface area contributed by atoms with E-state index in [1.54, 1.807) is 7.05 Å². The molecule has 0 aliphatic rings. The van der Waals surface area contributed by atoms with Crippen molar-refractivity contribution in [2.24, 2.45) is 5.41 Å². The maximum atomic E-state index is 11.8. The number of rotatable bonds is 4. The molecule has 0 fully saturated rings. The van der Waals surface area contributed by atoms with Crippen LogP contribution < -0.4 is 0 Å². The van der Waals surface area contributed by atoms with Crippen molar-refractivity contribution in [2.45, 2.75) is 38.9 Å². The smallest absolute Gasteiger partial charge is 0.251 e. The number of carbonyl (C=O) groups is 1. The molecule has 1 amide bonds. The molecule has 0 heterocycles. The summed E-state index contributed by atoms with van der Waals surface area (Å²) in [5.41, 5.74) is -0.448. The third-order valence-electron chi connectivity index (χ3n) is 2.01. The van der Waals surface area contributed by atoms with Crippen molar-refractivity contribution in [3.05, 3.63) is 0 Å². The van der Waals surface area contributed by atoms with Crippen molar-refractivity contribution in [2.75, 3.05) is 14.2 Å². The molecule has 0 aliphatic carbocycles. The normalized spacial score (nSPS) is 12.8. The molecule has 3 nitrogen and oxygen atoms in total. The summed E-state index contributed by atoms with van der Waals surface area (Å²) in [4.78, 5) is 16.7. The van der Waals surface area contributed by atoms with Crippen LogP contribution in [0.4, 0.5) is 0 Å². The molecule has 14 heavy (non-hydrogen) atoms. The highest BCUT2D eigenvalue weighted by molar-refractivity contribution is 7.81. The van der Waals surface area contributed by atoms with Gasteiger partial charge in [0, 0.05) is 17.2 Å². The SMILES string of the molecule is CON(C)C(=O)C(C)(C)CC(C)(C)S. The molecule has 0 N–H and O–H groups in total. The van der Waals surface area contributed by atoms with Crippen LogP contribution in [0.5, 0.6) is 0 Å². The van der Waals surface area contributed by atoms with E-state index in [9.17, 15) is 4.79 Å². The minimum Gasteiger partial charge on any atom is -0.275 e. The zero-order valence-electron chi connectivity index (χ0n) is 9.92. The summed E-state index contributed by atoms with van der Waals surface area (Å²) < 4.78 is -0.159. The standard InChI is InChI=1S/C10H21NO2S/c1-9(2,7-10(3,4)14)8(12)11(5)13-6/h14H,7H2,1-6H3. The molecule has 0 aromatic heterocycles. The fourth-order valence-corrected chi connectivity index (χ4v) is 2.06. The number of hydrogen-bond acceptors (Lipinski definition) is 3. The van der Waals surface area contributed by atoms with Crippen LogP contribution in [0.25, 0.3) is 0 Å². The lowest BCUT2D eigenvalue weighted by atomic mass is 9.82. The average Bonchev–Trinajstić information content (AvgIpc) is 1.97. The lowest BCUT2D eigenvalue weighted by molar-refractivity contribution is -0.179. The Bertz CT molecular complexity index is 209. The van der Waals surface area contributed by atoms with Gasteiger partial charge in [-0.3, -0.25) is 9.63 Å². The summed E-state index contributed by atoms with van der Waals surface area (Å²) in [5.74, 6) is -0.0258. The van der Waals surface area contributed by atoms with Gasteiger partial charge in [-0.2, -0.15) is 12.6 Å². The Morgan fingerprint density at radius 1 is 1.36 bits per heavy atom. The van der Waals surface area contributed by atoms with Crippen LogP contribution in [-0.2, 0) is 9.63 Å². The van der Waals surface area contributed by atoms with E-state index in [2.05, 4.69) is 12.6 Å². The number of carbonyl (C=O) groups excluding carboxylic acids is 1. The molecule has 0 bridgehead atoms. The summed E-state index contributed by atoms with van der Waals surface area (Å²) in [6.45, 7) is 7.81. The third-order valence-corrected chi connectivity index (χ3v) is 2.17. The summed E-state index contributed by atoms with van der Waals surface area (Å²) in [6, 6.07) is 0. The van der Waals surface area contributed by atoms with Crippen LogP contribution in [0, 0.1) is 5.41 Å².